The van der Waals surface area contributed by atoms with Crippen molar-refractivity contribution in [1.82, 2.24) is 9.80 Å². The lowest BCUT2D eigenvalue weighted by molar-refractivity contribution is -0.134. The van der Waals surface area contributed by atoms with E-state index in [9.17, 15) is 18.4 Å². The molecule has 0 saturated carbocycles. The van der Waals surface area contributed by atoms with Crippen LogP contribution in [0.5, 0.6) is 0 Å². The van der Waals surface area contributed by atoms with Crippen LogP contribution in [0.4, 0.5) is 8.78 Å². The van der Waals surface area contributed by atoms with E-state index in [0.717, 1.165) is 18.9 Å². The summed E-state index contributed by atoms with van der Waals surface area (Å²) in [5.74, 6) is -1.35. The Morgan fingerprint density at radius 2 is 1.84 bits per heavy atom. The van der Waals surface area contributed by atoms with Crippen LogP contribution < -0.4 is 5.73 Å². The molecule has 0 bridgehead atoms. The Kier molecular flexibility index (Phi) is 4.77. The van der Waals surface area contributed by atoms with Crippen LogP contribution in [-0.4, -0.2) is 47.3 Å². The number of hydrogen-bond donors (Lipinski definition) is 1. The van der Waals surface area contributed by atoms with Crippen molar-refractivity contribution in [2.24, 2.45) is 11.1 Å². The summed E-state index contributed by atoms with van der Waals surface area (Å²) < 4.78 is 26.7. The van der Waals surface area contributed by atoms with E-state index in [1.807, 2.05) is 0 Å². The normalized spacial score (nSPS) is 21.0. The number of rotatable bonds is 3. The van der Waals surface area contributed by atoms with Crippen LogP contribution in [0.3, 0.4) is 0 Å². The molecule has 2 aliphatic heterocycles. The lowest BCUT2D eigenvalue weighted by Crippen LogP contribution is -2.49. The molecule has 2 amide bonds. The fourth-order valence-electron chi connectivity index (χ4n) is 3.87. The number of carbonyl (C=O) groups excluding carboxylic acids is 2. The number of piperidine rings is 1. The monoisotopic (exact) mass is 351 g/mol. The Bertz CT molecular complexity index is 665. The van der Waals surface area contributed by atoms with E-state index in [1.165, 1.54) is 12.1 Å². The summed E-state index contributed by atoms with van der Waals surface area (Å²) in [6.45, 7) is 3.62. The van der Waals surface area contributed by atoms with Crippen LogP contribution in [-0.2, 0) is 16.1 Å². The van der Waals surface area contributed by atoms with E-state index in [-0.39, 0.29) is 23.8 Å². The lowest BCUT2D eigenvalue weighted by Gasteiger charge is -2.39. The average molecular weight is 351 g/mol. The maximum Gasteiger partial charge on any atom is 0.239 e. The minimum absolute atomic E-state index is 0.00311. The minimum Gasteiger partial charge on any atom is -0.341 e. The van der Waals surface area contributed by atoms with Crippen molar-refractivity contribution in [3.8, 4) is 0 Å². The molecule has 3 rings (SSSR count). The van der Waals surface area contributed by atoms with Crippen molar-refractivity contribution in [3.63, 3.8) is 0 Å². The molecule has 2 fully saturated rings. The zero-order valence-electron chi connectivity index (χ0n) is 14.3. The number of hydrogen-bond acceptors (Lipinski definition) is 3. The highest BCUT2D eigenvalue weighted by Gasteiger charge is 2.45. The molecule has 1 spiro atoms. The topological polar surface area (TPSA) is 66.6 Å². The lowest BCUT2D eigenvalue weighted by atomic mass is 9.77. The number of nitrogens with two attached hydrogens (primary N) is 1. The summed E-state index contributed by atoms with van der Waals surface area (Å²) in [5.41, 5.74) is 5.95. The molecule has 2 heterocycles. The van der Waals surface area contributed by atoms with E-state index in [2.05, 4.69) is 0 Å². The Hall–Kier alpha value is -2.02. The smallest absolute Gasteiger partial charge is 0.239 e. The predicted molar refractivity (Wildman–Crippen MR) is 88.3 cm³/mol. The number of likely N-dealkylation sites (tertiary alicyclic amines) is 2. The quantitative estimate of drug-likeness (QED) is 0.901. The Morgan fingerprint density at radius 3 is 2.40 bits per heavy atom. The summed E-state index contributed by atoms with van der Waals surface area (Å²) in [7, 11) is 0. The van der Waals surface area contributed by atoms with E-state index >= 15 is 0 Å². The van der Waals surface area contributed by atoms with Crippen LogP contribution in [0.1, 0.15) is 31.7 Å². The summed E-state index contributed by atoms with van der Waals surface area (Å²) in [4.78, 5) is 27.8. The van der Waals surface area contributed by atoms with Crippen LogP contribution in [0.2, 0.25) is 0 Å². The van der Waals surface area contributed by atoms with Gasteiger partial charge in [-0.3, -0.25) is 9.59 Å². The number of nitrogens with zero attached hydrogens (tertiary/aromatic N) is 2. The summed E-state index contributed by atoms with van der Waals surface area (Å²) in [6.07, 6.45) is 1.90. The fourth-order valence-corrected chi connectivity index (χ4v) is 3.87. The van der Waals surface area contributed by atoms with Crippen LogP contribution in [0.15, 0.2) is 18.2 Å². The first-order valence-electron chi connectivity index (χ1n) is 8.55. The standard InChI is InChI=1S/C18H23F2N3O2/c1-12(21)17(25)22-4-2-18(3-5-22)9-16(24)23(11-18)10-13-6-14(19)8-15(20)7-13/h6-8,12H,2-5,9-11,21H2,1H3/t12-/m0/s1. The molecular formula is C18H23F2N3O2. The van der Waals surface area contributed by atoms with Crippen LogP contribution in [0.25, 0.3) is 0 Å². The average Bonchev–Trinajstić information content (AvgIpc) is 2.81. The molecule has 7 heteroatoms. The van der Waals surface area contributed by atoms with Gasteiger partial charge in [-0.15, -0.1) is 0 Å². The maximum atomic E-state index is 13.3. The number of carbonyl (C=O) groups is 2. The minimum atomic E-state index is -0.640. The van der Waals surface area contributed by atoms with Crippen molar-refractivity contribution >= 4 is 11.8 Å². The molecule has 1 aromatic carbocycles. The van der Waals surface area contributed by atoms with Gasteiger partial charge in [0.25, 0.3) is 0 Å². The molecule has 136 valence electrons. The predicted octanol–water partition coefficient (Wildman–Crippen LogP) is 1.65. The number of benzene rings is 1. The molecule has 0 radical (unpaired) electrons. The zero-order valence-corrected chi connectivity index (χ0v) is 14.3. The van der Waals surface area contributed by atoms with Gasteiger partial charge in [-0.25, -0.2) is 8.78 Å². The van der Waals surface area contributed by atoms with Gasteiger partial charge >= 0.3 is 0 Å². The Morgan fingerprint density at radius 1 is 1.24 bits per heavy atom. The molecule has 25 heavy (non-hydrogen) atoms. The van der Waals surface area contributed by atoms with Crippen LogP contribution >= 0.6 is 0 Å². The van der Waals surface area contributed by atoms with E-state index in [4.69, 9.17) is 5.73 Å². The first kappa shape index (κ1) is 17.8. The van der Waals surface area contributed by atoms with Gasteiger partial charge < -0.3 is 15.5 Å². The molecule has 0 unspecified atom stereocenters. The van der Waals surface area contributed by atoms with Gasteiger partial charge in [0.05, 0.1) is 6.04 Å². The largest absolute Gasteiger partial charge is 0.341 e. The number of amides is 2. The van der Waals surface area contributed by atoms with Gasteiger partial charge in [0.15, 0.2) is 0 Å². The molecule has 2 N–H and O–H groups in total. The van der Waals surface area contributed by atoms with E-state index in [1.54, 1.807) is 16.7 Å². The van der Waals surface area contributed by atoms with Gasteiger partial charge in [-0.1, -0.05) is 0 Å². The van der Waals surface area contributed by atoms with Crippen molar-refractivity contribution in [2.45, 2.75) is 38.8 Å². The van der Waals surface area contributed by atoms with Gasteiger partial charge in [0, 0.05) is 44.1 Å². The van der Waals surface area contributed by atoms with Crippen molar-refractivity contribution in [1.29, 1.82) is 0 Å². The first-order valence-corrected chi connectivity index (χ1v) is 8.55. The molecular weight excluding hydrogens is 328 g/mol. The second-order valence-corrected chi connectivity index (χ2v) is 7.32. The fraction of sp³-hybridized carbons (Fsp3) is 0.556. The van der Waals surface area contributed by atoms with Crippen molar-refractivity contribution in [2.75, 3.05) is 19.6 Å². The SMILES string of the molecule is C[C@H](N)C(=O)N1CCC2(CC1)CC(=O)N(Cc1cc(F)cc(F)c1)C2. The number of halogens is 2. The molecule has 1 atom stereocenters. The van der Waals surface area contributed by atoms with Crippen LogP contribution in [0, 0.1) is 17.0 Å². The highest BCUT2D eigenvalue weighted by atomic mass is 19.1. The zero-order chi connectivity index (χ0) is 18.2. The summed E-state index contributed by atoms with van der Waals surface area (Å²) in [6, 6.07) is 2.82. The van der Waals surface area contributed by atoms with Gasteiger partial charge in [-0.05, 0) is 37.5 Å². The Labute approximate surface area is 145 Å². The third-order valence-electron chi connectivity index (χ3n) is 5.23. The molecule has 0 aromatic heterocycles. The molecule has 2 saturated heterocycles. The summed E-state index contributed by atoms with van der Waals surface area (Å²) >= 11 is 0. The van der Waals surface area contributed by atoms with Gasteiger partial charge in [-0.2, -0.15) is 0 Å². The highest BCUT2D eigenvalue weighted by molar-refractivity contribution is 5.82. The molecule has 0 aliphatic carbocycles. The third-order valence-corrected chi connectivity index (χ3v) is 5.23. The molecule has 2 aliphatic rings. The molecule has 5 nitrogen and oxygen atoms in total. The molecule has 1 aromatic rings. The van der Waals surface area contributed by atoms with E-state index in [0.29, 0.717) is 31.6 Å². The summed E-state index contributed by atoms with van der Waals surface area (Å²) in [5, 5.41) is 0. The van der Waals surface area contributed by atoms with E-state index < -0.39 is 17.7 Å². The van der Waals surface area contributed by atoms with Crippen molar-refractivity contribution < 1.29 is 18.4 Å². The van der Waals surface area contributed by atoms with Gasteiger partial charge in [0.2, 0.25) is 11.8 Å². The highest BCUT2D eigenvalue weighted by Crippen LogP contribution is 2.41. The third kappa shape index (κ3) is 3.81. The second-order valence-electron chi connectivity index (χ2n) is 7.32. The maximum absolute atomic E-state index is 13.3. The van der Waals surface area contributed by atoms with Crippen molar-refractivity contribution in [3.05, 3.63) is 35.4 Å². The Balaban J connectivity index is 1.64. The first-order chi connectivity index (χ1) is 11.8. The second kappa shape index (κ2) is 6.71. The van der Waals surface area contributed by atoms with Gasteiger partial charge in [0.1, 0.15) is 11.6 Å².